The van der Waals surface area contributed by atoms with Crippen molar-refractivity contribution in [3.63, 3.8) is 0 Å². The third kappa shape index (κ3) is 2.96. The van der Waals surface area contributed by atoms with Crippen molar-refractivity contribution in [2.45, 2.75) is 6.92 Å². The molecule has 4 heteroatoms. The van der Waals surface area contributed by atoms with E-state index in [0.717, 1.165) is 21.4 Å². The van der Waals surface area contributed by atoms with Crippen molar-refractivity contribution in [3.05, 3.63) is 58.7 Å². The van der Waals surface area contributed by atoms with Gasteiger partial charge in [0.1, 0.15) is 5.75 Å². The van der Waals surface area contributed by atoms with Gasteiger partial charge in [-0.15, -0.1) is 0 Å². The Morgan fingerprint density at radius 1 is 1.26 bits per heavy atom. The van der Waals surface area contributed by atoms with Gasteiger partial charge in [-0.25, -0.2) is 0 Å². The molecule has 1 aliphatic rings. The second kappa shape index (κ2) is 5.45. The van der Waals surface area contributed by atoms with Crippen LogP contribution in [-0.4, -0.2) is 17.9 Å². The first-order chi connectivity index (χ1) is 8.99. The Morgan fingerprint density at radius 3 is 2.47 bits per heavy atom. The maximum Gasteiger partial charge on any atom is 0.308 e. The summed E-state index contributed by atoms with van der Waals surface area (Å²) in [6.45, 7) is 5.40. The van der Waals surface area contributed by atoms with Crippen molar-refractivity contribution in [1.29, 1.82) is 0 Å². The normalized spacial score (nSPS) is 14.9. The van der Waals surface area contributed by atoms with Crippen molar-refractivity contribution < 1.29 is 9.53 Å². The number of nitrogens with zero attached hydrogens (tertiary/aromatic N) is 1. The Hall–Kier alpha value is -1.81. The van der Waals surface area contributed by atoms with Gasteiger partial charge in [0.05, 0.1) is 0 Å². The van der Waals surface area contributed by atoms with Gasteiger partial charge in [-0.3, -0.25) is 4.79 Å². The zero-order valence-corrected chi connectivity index (χ0v) is 12.4. The maximum absolute atomic E-state index is 10.9. The highest BCUT2D eigenvalue weighted by Crippen LogP contribution is 2.32. The fraction of sp³-hybridized carbons (Fsp3) is 0.133. The van der Waals surface area contributed by atoms with E-state index in [4.69, 9.17) is 4.74 Å². The molecule has 1 heterocycles. The number of carbonyl (C=O) groups is 1. The summed E-state index contributed by atoms with van der Waals surface area (Å²) in [5.41, 5.74) is 2.99. The average Bonchev–Trinajstić information content (AvgIpc) is 2.37. The Bertz CT molecular complexity index is 585. The highest BCUT2D eigenvalue weighted by molar-refractivity contribution is 9.12. The smallest absolute Gasteiger partial charge is 0.308 e. The lowest BCUT2D eigenvalue weighted by Crippen LogP contribution is -2.18. The summed E-state index contributed by atoms with van der Waals surface area (Å²) in [5, 5.41) is 0. The number of hydrogen-bond acceptors (Lipinski definition) is 3. The molecule has 0 bridgehead atoms. The highest BCUT2D eigenvalue weighted by Gasteiger charge is 2.15. The number of carbonyl (C=O) groups excluding carboxylic acids is 1. The first-order valence-corrected chi connectivity index (χ1v) is 6.57. The molecule has 0 aliphatic carbocycles. The van der Waals surface area contributed by atoms with Gasteiger partial charge in [-0.05, 0) is 57.9 Å². The van der Waals surface area contributed by atoms with Crippen LogP contribution >= 0.6 is 15.9 Å². The Kier molecular flexibility index (Phi) is 3.90. The maximum atomic E-state index is 10.9. The Morgan fingerprint density at radius 2 is 1.89 bits per heavy atom. The molecule has 0 amide bonds. The molecular weight excluding hydrogens is 306 g/mol. The van der Waals surface area contributed by atoms with E-state index < -0.39 is 0 Å². The van der Waals surface area contributed by atoms with E-state index in [0.29, 0.717) is 5.75 Å². The van der Waals surface area contributed by atoms with Gasteiger partial charge in [0, 0.05) is 29.8 Å². The van der Waals surface area contributed by atoms with Gasteiger partial charge in [0.15, 0.2) is 0 Å². The summed E-state index contributed by atoms with van der Waals surface area (Å²) in [5.74, 6) is 0.229. The molecule has 0 saturated carbocycles. The molecule has 0 N–H and O–H groups in total. The zero-order valence-electron chi connectivity index (χ0n) is 10.8. The van der Waals surface area contributed by atoms with Gasteiger partial charge in [-0.1, -0.05) is 6.58 Å². The van der Waals surface area contributed by atoms with Crippen molar-refractivity contribution in [2.75, 3.05) is 7.05 Å². The van der Waals surface area contributed by atoms with Gasteiger partial charge in [0.25, 0.3) is 0 Å². The fourth-order valence-corrected chi connectivity index (χ4v) is 2.21. The van der Waals surface area contributed by atoms with Crippen LogP contribution < -0.4 is 4.74 Å². The lowest BCUT2D eigenvalue weighted by Gasteiger charge is -2.27. The second-order valence-corrected chi connectivity index (χ2v) is 5.04. The van der Waals surface area contributed by atoms with Crippen LogP contribution in [0.3, 0.4) is 0 Å². The predicted octanol–water partition coefficient (Wildman–Crippen LogP) is 3.69. The molecule has 98 valence electrons. The van der Waals surface area contributed by atoms with E-state index in [2.05, 4.69) is 22.5 Å². The quantitative estimate of drug-likeness (QED) is 0.615. The molecule has 0 spiro atoms. The van der Waals surface area contributed by atoms with E-state index in [1.54, 1.807) is 12.1 Å². The molecule has 0 unspecified atom stereocenters. The summed E-state index contributed by atoms with van der Waals surface area (Å²) in [6.07, 6.45) is 3.98. The van der Waals surface area contributed by atoms with Gasteiger partial charge in [0.2, 0.25) is 0 Å². The van der Waals surface area contributed by atoms with Crippen molar-refractivity contribution in [2.24, 2.45) is 0 Å². The molecule has 1 aromatic rings. The molecule has 0 atom stereocenters. The summed E-state index contributed by atoms with van der Waals surface area (Å²) >= 11 is 3.45. The highest BCUT2D eigenvalue weighted by atomic mass is 79.9. The van der Waals surface area contributed by atoms with Gasteiger partial charge < -0.3 is 9.64 Å². The van der Waals surface area contributed by atoms with Crippen molar-refractivity contribution >= 4 is 27.6 Å². The van der Waals surface area contributed by atoms with Crippen LogP contribution in [0.15, 0.2) is 53.2 Å². The number of rotatable bonds is 2. The van der Waals surface area contributed by atoms with E-state index in [9.17, 15) is 4.79 Å². The number of halogens is 1. The molecule has 2 rings (SSSR count). The molecular formula is C15H14BrNO2. The number of allylic oxidation sites excluding steroid dienone is 3. The summed E-state index contributed by atoms with van der Waals surface area (Å²) in [7, 11) is 1.96. The minimum Gasteiger partial charge on any atom is -0.427 e. The number of likely N-dealkylation sites (N-methyl/N-ethyl adjacent to an activating group) is 1. The predicted molar refractivity (Wildman–Crippen MR) is 79.6 cm³/mol. The largest absolute Gasteiger partial charge is 0.427 e. The van der Waals surface area contributed by atoms with Crippen LogP contribution in [0.1, 0.15) is 12.5 Å². The third-order valence-corrected chi connectivity index (χ3v) is 3.56. The molecule has 0 fully saturated rings. The van der Waals surface area contributed by atoms with E-state index in [1.165, 1.54) is 6.92 Å². The second-order valence-electron chi connectivity index (χ2n) is 4.19. The molecule has 0 radical (unpaired) electrons. The molecule has 1 aromatic carbocycles. The molecule has 0 saturated heterocycles. The fourth-order valence-electron chi connectivity index (χ4n) is 1.82. The third-order valence-electron chi connectivity index (χ3n) is 2.84. The lowest BCUT2D eigenvalue weighted by atomic mass is 10.1. The van der Waals surface area contributed by atoms with Crippen molar-refractivity contribution in [1.82, 2.24) is 4.90 Å². The zero-order chi connectivity index (χ0) is 14.0. The monoisotopic (exact) mass is 319 g/mol. The Labute approximate surface area is 121 Å². The minimum absolute atomic E-state index is 0.318. The van der Waals surface area contributed by atoms with E-state index in [-0.39, 0.29) is 5.97 Å². The molecule has 3 nitrogen and oxygen atoms in total. The van der Waals surface area contributed by atoms with Crippen LogP contribution in [0.25, 0.3) is 5.70 Å². The van der Waals surface area contributed by atoms with E-state index >= 15 is 0 Å². The topological polar surface area (TPSA) is 29.5 Å². The first-order valence-electron chi connectivity index (χ1n) is 5.78. The van der Waals surface area contributed by atoms with Crippen LogP contribution in [0.2, 0.25) is 0 Å². The summed E-state index contributed by atoms with van der Waals surface area (Å²) < 4.78 is 5.98. The first kappa shape index (κ1) is 13.6. The van der Waals surface area contributed by atoms with Gasteiger partial charge >= 0.3 is 5.97 Å². The summed E-state index contributed by atoms with van der Waals surface area (Å²) in [4.78, 5) is 12.9. The SMILES string of the molecule is C=C1C(Br)=CC=C(c2ccc(OC(C)=O)cc2)N1C. The average molecular weight is 320 g/mol. The Balaban J connectivity index is 2.28. The van der Waals surface area contributed by atoms with Crippen molar-refractivity contribution in [3.8, 4) is 5.75 Å². The number of hydrogen-bond donors (Lipinski definition) is 0. The van der Waals surface area contributed by atoms with Gasteiger partial charge in [-0.2, -0.15) is 0 Å². The van der Waals surface area contributed by atoms with Crippen LogP contribution in [0, 0.1) is 0 Å². The standard InChI is InChI=1S/C15H14BrNO2/c1-10-14(16)8-9-15(17(10)3)12-4-6-13(7-5-12)19-11(2)18/h4-9H,1H2,2-3H3. The lowest BCUT2D eigenvalue weighted by molar-refractivity contribution is -0.131. The molecule has 0 aromatic heterocycles. The minimum atomic E-state index is -0.318. The van der Waals surface area contributed by atoms with Crippen LogP contribution in [0.5, 0.6) is 5.75 Å². The summed E-state index contributed by atoms with van der Waals surface area (Å²) in [6, 6.07) is 7.39. The van der Waals surface area contributed by atoms with E-state index in [1.807, 2.05) is 36.2 Å². The van der Waals surface area contributed by atoms with Crippen LogP contribution in [0.4, 0.5) is 0 Å². The number of ether oxygens (including phenoxy) is 1. The molecule has 19 heavy (non-hydrogen) atoms. The number of benzene rings is 1. The number of esters is 1. The molecule has 1 aliphatic heterocycles. The van der Waals surface area contributed by atoms with Crippen LogP contribution in [-0.2, 0) is 4.79 Å².